The van der Waals surface area contributed by atoms with Crippen LogP contribution in [0, 0.1) is 18.6 Å². The lowest BCUT2D eigenvalue weighted by atomic mass is 10.1. The molecule has 0 saturated heterocycles. The average Bonchev–Trinajstić information content (AvgIpc) is 3.14. The van der Waals surface area contributed by atoms with Crippen LogP contribution in [0.3, 0.4) is 0 Å². The van der Waals surface area contributed by atoms with Crippen LogP contribution in [-0.4, -0.2) is 50.1 Å². The highest BCUT2D eigenvalue weighted by Gasteiger charge is 2.34. The number of aryl methyl sites for hydroxylation is 1. The van der Waals surface area contributed by atoms with E-state index in [4.69, 9.17) is 16.3 Å². The molecule has 0 N–H and O–H groups in total. The fourth-order valence-corrected chi connectivity index (χ4v) is 3.64. The number of rotatable bonds is 5. The maximum absolute atomic E-state index is 13.6. The van der Waals surface area contributed by atoms with Crippen LogP contribution in [0.15, 0.2) is 30.6 Å². The normalized spacial score (nSPS) is 16.1. The summed E-state index contributed by atoms with van der Waals surface area (Å²) in [5, 5.41) is 0.0881. The highest BCUT2D eigenvalue weighted by molar-refractivity contribution is 6.28. The lowest BCUT2D eigenvalue weighted by Crippen LogP contribution is -2.49. The molecule has 156 valence electrons. The molecular weight excluding hydrogens is 416 g/mol. The van der Waals surface area contributed by atoms with Gasteiger partial charge in [0, 0.05) is 32.6 Å². The first-order valence-electron chi connectivity index (χ1n) is 9.18. The summed E-state index contributed by atoms with van der Waals surface area (Å²) >= 11 is 5.92. The fraction of sp³-hybridized carbons (Fsp3) is 0.300. The number of imidazole rings is 1. The quantitative estimate of drug-likeness (QED) is 0.577. The van der Waals surface area contributed by atoms with Crippen LogP contribution in [0.1, 0.15) is 21.7 Å². The zero-order valence-electron chi connectivity index (χ0n) is 16.3. The number of carbonyl (C=O) groups excluding carboxylic acids is 1. The van der Waals surface area contributed by atoms with Crippen molar-refractivity contribution in [1.82, 2.24) is 24.4 Å². The van der Waals surface area contributed by atoms with Crippen molar-refractivity contribution in [2.75, 3.05) is 13.7 Å². The summed E-state index contributed by atoms with van der Waals surface area (Å²) in [4.78, 5) is 27.4. The van der Waals surface area contributed by atoms with Crippen molar-refractivity contribution in [3.63, 3.8) is 0 Å². The molecule has 2 aromatic heterocycles. The van der Waals surface area contributed by atoms with E-state index in [1.54, 1.807) is 29.0 Å². The Morgan fingerprint density at radius 1 is 1.27 bits per heavy atom. The van der Waals surface area contributed by atoms with E-state index in [9.17, 15) is 13.6 Å². The van der Waals surface area contributed by atoms with Gasteiger partial charge in [0.05, 0.1) is 18.3 Å². The monoisotopic (exact) mass is 433 g/mol. The summed E-state index contributed by atoms with van der Waals surface area (Å²) in [6.07, 6.45) is 3.34. The number of aromatic nitrogens is 4. The second-order valence-corrected chi connectivity index (χ2v) is 7.40. The van der Waals surface area contributed by atoms with Gasteiger partial charge < -0.3 is 14.2 Å². The molecule has 0 spiro atoms. The first kappa shape index (κ1) is 20.4. The highest BCUT2D eigenvalue weighted by atomic mass is 35.5. The Morgan fingerprint density at radius 2 is 2.07 bits per heavy atom. The number of halogens is 3. The third kappa shape index (κ3) is 3.78. The van der Waals surface area contributed by atoms with Crippen LogP contribution in [0.25, 0.3) is 11.4 Å². The Bertz CT molecular complexity index is 1120. The third-order valence-electron chi connectivity index (χ3n) is 4.96. The van der Waals surface area contributed by atoms with Gasteiger partial charge in [-0.1, -0.05) is 6.07 Å². The molecule has 10 heteroatoms. The first-order chi connectivity index (χ1) is 14.4. The topological polar surface area (TPSA) is 73.1 Å². The Hall–Kier alpha value is -2.91. The molecule has 3 heterocycles. The molecule has 7 nitrogen and oxygen atoms in total. The van der Waals surface area contributed by atoms with E-state index in [0.717, 1.165) is 17.7 Å². The molecular formula is C20H18ClF2N5O2. The van der Waals surface area contributed by atoms with Gasteiger partial charge in [-0.3, -0.25) is 4.79 Å². The Morgan fingerprint density at radius 3 is 2.80 bits per heavy atom. The number of benzene rings is 1. The van der Waals surface area contributed by atoms with E-state index in [2.05, 4.69) is 15.0 Å². The van der Waals surface area contributed by atoms with Crippen LogP contribution in [0.4, 0.5) is 8.78 Å². The lowest BCUT2D eigenvalue weighted by molar-refractivity contribution is 0.0379. The van der Waals surface area contributed by atoms with Gasteiger partial charge in [0.1, 0.15) is 5.69 Å². The van der Waals surface area contributed by atoms with Crippen molar-refractivity contribution in [3.8, 4) is 11.4 Å². The molecule has 0 radical (unpaired) electrons. The van der Waals surface area contributed by atoms with E-state index in [-0.39, 0.29) is 36.2 Å². The van der Waals surface area contributed by atoms with E-state index in [1.807, 2.05) is 6.92 Å². The van der Waals surface area contributed by atoms with Crippen molar-refractivity contribution >= 4 is 17.5 Å². The van der Waals surface area contributed by atoms with Crippen LogP contribution >= 0.6 is 11.6 Å². The van der Waals surface area contributed by atoms with Crippen molar-refractivity contribution < 1.29 is 18.3 Å². The maximum atomic E-state index is 13.6. The molecule has 1 atom stereocenters. The molecule has 1 aliphatic rings. The Labute approximate surface area is 176 Å². The first-order valence-corrected chi connectivity index (χ1v) is 9.55. The minimum absolute atomic E-state index is 0.0881. The second kappa shape index (κ2) is 8.08. The highest BCUT2D eigenvalue weighted by Crippen LogP contribution is 2.26. The summed E-state index contributed by atoms with van der Waals surface area (Å²) < 4.78 is 33.9. The van der Waals surface area contributed by atoms with Gasteiger partial charge in [-0.2, -0.15) is 0 Å². The molecule has 0 unspecified atom stereocenters. The van der Waals surface area contributed by atoms with Gasteiger partial charge in [0.25, 0.3) is 5.91 Å². The van der Waals surface area contributed by atoms with Crippen LogP contribution in [-0.2, 0) is 17.8 Å². The van der Waals surface area contributed by atoms with Crippen LogP contribution in [0.5, 0.6) is 0 Å². The molecule has 3 aromatic rings. The summed E-state index contributed by atoms with van der Waals surface area (Å²) in [6, 6.07) is 3.28. The van der Waals surface area contributed by atoms with Gasteiger partial charge in [-0.25, -0.2) is 23.7 Å². The number of ether oxygens (including phenoxy) is 1. The number of nitrogens with zero attached hydrogens (tertiary/aromatic N) is 5. The van der Waals surface area contributed by atoms with E-state index >= 15 is 0 Å². The SMILES string of the molecule is COC[C@@H]1Cn2cc(-c3nc(Cl)ncc3C)nc2C(=O)N1Cc1ccc(F)c(F)c1. The van der Waals surface area contributed by atoms with Crippen molar-refractivity contribution in [2.45, 2.75) is 26.1 Å². The standard InChI is InChI=1S/C20H18ClF2N5O2/c1-11-6-24-20(21)26-17(11)16-9-27-8-13(10-30-2)28(19(29)18(27)25-16)7-12-3-4-14(22)15(23)5-12/h3-6,9,13H,7-8,10H2,1-2H3/t13-/m0/s1. The predicted molar refractivity (Wildman–Crippen MR) is 105 cm³/mol. The summed E-state index contributed by atoms with van der Waals surface area (Å²) in [5.74, 6) is -2.00. The van der Waals surface area contributed by atoms with Crippen molar-refractivity contribution in [2.24, 2.45) is 0 Å². The molecule has 0 bridgehead atoms. The van der Waals surface area contributed by atoms with E-state index in [0.29, 0.717) is 23.5 Å². The van der Waals surface area contributed by atoms with E-state index in [1.165, 1.54) is 6.07 Å². The maximum Gasteiger partial charge on any atom is 0.290 e. The second-order valence-electron chi connectivity index (χ2n) is 7.06. The zero-order chi connectivity index (χ0) is 21.4. The summed E-state index contributed by atoms with van der Waals surface area (Å²) in [7, 11) is 1.54. The Balaban J connectivity index is 1.69. The molecule has 30 heavy (non-hydrogen) atoms. The van der Waals surface area contributed by atoms with Crippen molar-refractivity contribution in [1.29, 1.82) is 0 Å². The zero-order valence-corrected chi connectivity index (χ0v) is 17.0. The van der Waals surface area contributed by atoms with Gasteiger partial charge >= 0.3 is 0 Å². The minimum Gasteiger partial charge on any atom is -0.382 e. The van der Waals surface area contributed by atoms with Gasteiger partial charge in [-0.05, 0) is 41.8 Å². The summed E-state index contributed by atoms with van der Waals surface area (Å²) in [6.45, 7) is 2.64. The number of carbonyl (C=O) groups is 1. The molecule has 1 aromatic carbocycles. The van der Waals surface area contributed by atoms with Crippen LogP contribution < -0.4 is 0 Å². The minimum atomic E-state index is -0.958. The predicted octanol–water partition coefficient (Wildman–Crippen LogP) is 3.25. The molecule has 4 rings (SSSR count). The number of fused-ring (bicyclic) bond motifs is 1. The van der Waals surface area contributed by atoms with Crippen molar-refractivity contribution in [3.05, 3.63) is 64.5 Å². The largest absolute Gasteiger partial charge is 0.382 e. The third-order valence-corrected chi connectivity index (χ3v) is 5.14. The molecule has 0 aliphatic carbocycles. The van der Waals surface area contributed by atoms with Gasteiger partial charge in [0.15, 0.2) is 17.5 Å². The Kier molecular flexibility index (Phi) is 5.48. The average molecular weight is 434 g/mol. The number of amides is 1. The number of hydrogen-bond donors (Lipinski definition) is 0. The fourth-order valence-electron chi connectivity index (χ4n) is 3.51. The van der Waals surface area contributed by atoms with Gasteiger partial charge in [-0.15, -0.1) is 0 Å². The molecule has 1 aliphatic heterocycles. The molecule has 0 saturated carbocycles. The number of hydrogen-bond acceptors (Lipinski definition) is 5. The van der Waals surface area contributed by atoms with Gasteiger partial charge in [0.2, 0.25) is 5.28 Å². The van der Waals surface area contributed by atoms with E-state index < -0.39 is 11.6 Å². The summed E-state index contributed by atoms with van der Waals surface area (Å²) in [5.41, 5.74) is 2.29. The lowest BCUT2D eigenvalue weighted by Gasteiger charge is -2.35. The van der Waals surface area contributed by atoms with Crippen LogP contribution in [0.2, 0.25) is 5.28 Å². The number of methoxy groups -OCH3 is 1. The smallest absolute Gasteiger partial charge is 0.290 e. The molecule has 1 amide bonds. The molecule has 0 fully saturated rings.